The number of hydrogen-bond donors (Lipinski definition) is 1. The monoisotopic (exact) mass is 224 g/mol. The highest BCUT2D eigenvalue weighted by molar-refractivity contribution is 4.76. The summed E-state index contributed by atoms with van der Waals surface area (Å²) in [4.78, 5) is 2.57. The summed E-state index contributed by atoms with van der Waals surface area (Å²) in [5, 5.41) is 3.65. The van der Waals surface area contributed by atoms with Crippen LogP contribution in [-0.2, 0) is 0 Å². The van der Waals surface area contributed by atoms with E-state index in [9.17, 15) is 0 Å². The fraction of sp³-hybridized carbons (Fsp3) is 1.00. The van der Waals surface area contributed by atoms with Gasteiger partial charge in [0.15, 0.2) is 0 Å². The maximum absolute atomic E-state index is 3.65. The van der Waals surface area contributed by atoms with Crippen molar-refractivity contribution in [3.8, 4) is 0 Å². The normalized spacial score (nSPS) is 28.5. The molecule has 1 N–H and O–H groups in total. The van der Waals surface area contributed by atoms with Crippen LogP contribution in [0.2, 0.25) is 0 Å². The molecule has 1 aliphatic carbocycles. The molecule has 2 rings (SSSR count). The Bertz CT molecular complexity index is 161. The van der Waals surface area contributed by atoms with E-state index in [4.69, 9.17) is 0 Å². The van der Waals surface area contributed by atoms with Crippen LogP contribution >= 0.6 is 0 Å². The Morgan fingerprint density at radius 3 is 2.38 bits per heavy atom. The third kappa shape index (κ3) is 4.06. The van der Waals surface area contributed by atoms with Gasteiger partial charge in [0.1, 0.15) is 0 Å². The van der Waals surface area contributed by atoms with Crippen LogP contribution in [0.1, 0.15) is 51.4 Å². The van der Waals surface area contributed by atoms with Gasteiger partial charge in [0.05, 0.1) is 0 Å². The Hall–Kier alpha value is -0.0800. The number of hydrogen-bond acceptors (Lipinski definition) is 2. The van der Waals surface area contributed by atoms with Gasteiger partial charge in [0.2, 0.25) is 0 Å². The molecule has 1 aliphatic heterocycles. The highest BCUT2D eigenvalue weighted by Gasteiger charge is 2.18. The lowest BCUT2D eigenvalue weighted by atomic mass is 9.89. The highest BCUT2D eigenvalue weighted by Crippen LogP contribution is 2.24. The number of nitrogens with one attached hydrogen (secondary N) is 1. The summed E-state index contributed by atoms with van der Waals surface area (Å²) >= 11 is 0. The zero-order valence-electron chi connectivity index (χ0n) is 10.9. The van der Waals surface area contributed by atoms with Gasteiger partial charge in [-0.3, -0.25) is 0 Å². The molecule has 0 radical (unpaired) electrons. The van der Waals surface area contributed by atoms with Gasteiger partial charge in [0.25, 0.3) is 0 Å². The predicted octanol–water partition coefficient (Wildman–Crippen LogP) is 2.64. The zero-order chi connectivity index (χ0) is 11.2. The molecular formula is C14H28N2. The third-order valence-corrected chi connectivity index (χ3v) is 4.24. The Kier molecular flexibility index (Phi) is 5.11. The molecule has 2 nitrogen and oxygen atoms in total. The Balaban J connectivity index is 1.64. The van der Waals surface area contributed by atoms with Crippen LogP contribution in [0.5, 0.6) is 0 Å². The first-order valence-electron chi connectivity index (χ1n) is 7.26. The van der Waals surface area contributed by atoms with E-state index in [0.717, 1.165) is 12.0 Å². The topological polar surface area (TPSA) is 15.3 Å². The average Bonchev–Trinajstić information content (AvgIpc) is 2.31. The lowest BCUT2D eigenvalue weighted by Gasteiger charge is -2.31. The van der Waals surface area contributed by atoms with E-state index < -0.39 is 0 Å². The highest BCUT2D eigenvalue weighted by atomic mass is 15.1. The SMILES string of the molecule is CN(CC1CCCCC1)CC1CCCCN1. The molecular weight excluding hydrogens is 196 g/mol. The molecule has 2 heteroatoms. The summed E-state index contributed by atoms with van der Waals surface area (Å²) in [7, 11) is 2.31. The van der Waals surface area contributed by atoms with Gasteiger partial charge in [-0.1, -0.05) is 25.7 Å². The second kappa shape index (κ2) is 6.61. The number of rotatable bonds is 4. The van der Waals surface area contributed by atoms with E-state index in [1.807, 2.05) is 0 Å². The minimum absolute atomic E-state index is 0.766. The summed E-state index contributed by atoms with van der Waals surface area (Å²) in [5.74, 6) is 0.988. The van der Waals surface area contributed by atoms with Crippen molar-refractivity contribution in [1.29, 1.82) is 0 Å². The van der Waals surface area contributed by atoms with Crippen molar-refractivity contribution in [3.63, 3.8) is 0 Å². The van der Waals surface area contributed by atoms with Crippen LogP contribution in [0.4, 0.5) is 0 Å². The Morgan fingerprint density at radius 1 is 0.938 bits per heavy atom. The average molecular weight is 224 g/mol. The molecule has 0 amide bonds. The zero-order valence-corrected chi connectivity index (χ0v) is 10.9. The largest absolute Gasteiger partial charge is 0.313 e. The molecule has 1 saturated heterocycles. The van der Waals surface area contributed by atoms with Crippen LogP contribution in [0.15, 0.2) is 0 Å². The van der Waals surface area contributed by atoms with E-state index in [2.05, 4.69) is 17.3 Å². The van der Waals surface area contributed by atoms with E-state index in [1.54, 1.807) is 0 Å². The molecule has 0 aromatic heterocycles. The van der Waals surface area contributed by atoms with E-state index >= 15 is 0 Å². The van der Waals surface area contributed by atoms with Crippen LogP contribution < -0.4 is 5.32 Å². The molecule has 1 unspecified atom stereocenters. The summed E-state index contributed by atoms with van der Waals surface area (Å²) in [5.41, 5.74) is 0. The molecule has 16 heavy (non-hydrogen) atoms. The van der Waals surface area contributed by atoms with Crippen LogP contribution in [0, 0.1) is 5.92 Å². The molecule has 0 aromatic rings. The quantitative estimate of drug-likeness (QED) is 0.790. The standard InChI is InChI=1S/C14H28N2/c1-16(11-13-7-3-2-4-8-13)12-14-9-5-6-10-15-14/h13-15H,2-12H2,1H3. The van der Waals surface area contributed by atoms with Crippen molar-refractivity contribution < 1.29 is 0 Å². The summed E-state index contributed by atoms with van der Waals surface area (Å²) in [6.45, 7) is 3.83. The van der Waals surface area contributed by atoms with Gasteiger partial charge in [-0.25, -0.2) is 0 Å². The number of piperidine rings is 1. The smallest absolute Gasteiger partial charge is 0.0194 e. The van der Waals surface area contributed by atoms with Crippen molar-refractivity contribution >= 4 is 0 Å². The number of likely N-dealkylation sites (N-methyl/N-ethyl adjacent to an activating group) is 1. The lowest BCUT2D eigenvalue weighted by Crippen LogP contribution is -2.43. The second-order valence-corrected chi connectivity index (χ2v) is 5.87. The van der Waals surface area contributed by atoms with Crippen molar-refractivity contribution in [2.45, 2.75) is 57.4 Å². The Morgan fingerprint density at radius 2 is 1.69 bits per heavy atom. The minimum atomic E-state index is 0.766. The van der Waals surface area contributed by atoms with Gasteiger partial charge < -0.3 is 10.2 Å². The number of nitrogens with zero attached hydrogens (tertiary/aromatic N) is 1. The fourth-order valence-electron chi connectivity index (χ4n) is 3.34. The van der Waals surface area contributed by atoms with Gasteiger partial charge in [-0.15, -0.1) is 0 Å². The Labute approximate surface area is 101 Å². The maximum atomic E-state index is 3.65. The van der Waals surface area contributed by atoms with Gasteiger partial charge >= 0.3 is 0 Å². The van der Waals surface area contributed by atoms with Gasteiger partial charge in [-0.05, 0) is 45.2 Å². The lowest BCUT2D eigenvalue weighted by molar-refractivity contribution is 0.205. The first kappa shape index (κ1) is 12.4. The van der Waals surface area contributed by atoms with E-state index in [-0.39, 0.29) is 0 Å². The molecule has 0 spiro atoms. The van der Waals surface area contributed by atoms with Crippen LogP contribution in [0.25, 0.3) is 0 Å². The molecule has 1 saturated carbocycles. The van der Waals surface area contributed by atoms with Gasteiger partial charge in [0, 0.05) is 19.1 Å². The molecule has 94 valence electrons. The van der Waals surface area contributed by atoms with Crippen molar-refractivity contribution in [2.75, 3.05) is 26.7 Å². The van der Waals surface area contributed by atoms with E-state index in [0.29, 0.717) is 0 Å². The minimum Gasteiger partial charge on any atom is -0.313 e. The predicted molar refractivity (Wildman–Crippen MR) is 69.7 cm³/mol. The first-order valence-corrected chi connectivity index (χ1v) is 7.26. The van der Waals surface area contributed by atoms with E-state index in [1.165, 1.54) is 71.0 Å². The van der Waals surface area contributed by atoms with Gasteiger partial charge in [-0.2, -0.15) is 0 Å². The molecule has 2 aliphatic rings. The summed E-state index contributed by atoms with van der Waals surface area (Å²) < 4.78 is 0. The molecule has 0 aromatic carbocycles. The molecule has 1 atom stereocenters. The summed E-state index contributed by atoms with van der Waals surface area (Å²) in [6.07, 6.45) is 11.6. The maximum Gasteiger partial charge on any atom is 0.0194 e. The first-order chi connectivity index (χ1) is 7.84. The van der Waals surface area contributed by atoms with Crippen LogP contribution in [0.3, 0.4) is 0 Å². The molecule has 1 heterocycles. The van der Waals surface area contributed by atoms with Crippen molar-refractivity contribution in [3.05, 3.63) is 0 Å². The van der Waals surface area contributed by atoms with Crippen LogP contribution in [-0.4, -0.2) is 37.6 Å². The molecule has 2 fully saturated rings. The third-order valence-electron chi connectivity index (χ3n) is 4.24. The fourth-order valence-corrected chi connectivity index (χ4v) is 3.34. The molecule has 0 bridgehead atoms. The summed E-state index contributed by atoms with van der Waals surface area (Å²) in [6, 6.07) is 0.766. The van der Waals surface area contributed by atoms with Crippen molar-refractivity contribution in [2.24, 2.45) is 5.92 Å². The second-order valence-electron chi connectivity index (χ2n) is 5.87. The van der Waals surface area contributed by atoms with Crippen molar-refractivity contribution in [1.82, 2.24) is 10.2 Å².